The van der Waals surface area contributed by atoms with Crippen molar-refractivity contribution in [1.29, 1.82) is 0 Å². The maximum Gasteiger partial charge on any atom is 0.0788 e. The molecule has 21 heavy (non-hydrogen) atoms. The minimum Gasteiger partial charge on any atom is -0.370 e. The largest absolute Gasteiger partial charge is 0.370 e. The molecule has 120 valence electrons. The van der Waals surface area contributed by atoms with E-state index >= 15 is 0 Å². The summed E-state index contributed by atoms with van der Waals surface area (Å²) in [5.74, 6) is 2.99. The van der Waals surface area contributed by atoms with E-state index in [1.807, 2.05) is 6.92 Å². The molecule has 0 aliphatic carbocycles. The van der Waals surface area contributed by atoms with Gasteiger partial charge in [0.2, 0.25) is 0 Å². The Morgan fingerprint density at radius 1 is 1.48 bits per heavy atom. The van der Waals surface area contributed by atoms with E-state index in [2.05, 4.69) is 31.4 Å². The second-order valence-corrected chi connectivity index (χ2v) is 6.37. The van der Waals surface area contributed by atoms with Crippen LogP contribution in [0.15, 0.2) is 12.2 Å². The molecule has 0 spiro atoms. The molecular weight excluding hydrogens is 302 g/mol. The fraction of sp³-hybridized carbons (Fsp3) is 0.750. The molecule has 6 atom stereocenters. The summed E-state index contributed by atoms with van der Waals surface area (Å²) in [6.07, 6.45) is 11.8. The summed E-state index contributed by atoms with van der Waals surface area (Å²) in [6.45, 7) is 6.96. The molecule has 1 rings (SSSR count). The number of terminal acetylenes is 1. The van der Waals surface area contributed by atoms with E-state index in [9.17, 15) is 0 Å². The topological polar surface area (TPSA) is 27.7 Å². The second-order valence-electron chi connectivity index (χ2n) is 5.76. The smallest absolute Gasteiger partial charge is 0.0788 e. The molecule has 0 N–H and O–H groups in total. The van der Waals surface area contributed by atoms with Crippen LogP contribution >= 0.6 is 18.9 Å². The van der Waals surface area contributed by atoms with Gasteiger partial charge in [-0.05, 0) is 44.1 Å². The summed E-state index contributed by atoms with van der Waals surface area (Å²) in [7, 11) is 4.64. The van der Waals surface area contributed by atoms with Crippen LogP contribution in [-0.2, 0) is 13.8 Å². The third kappa shape index (κ3) is 7.23. The van der Waals surface area contributed by atoms with Gasteiger partial charge >= 0.3 is 0 Å². The van der Waals surface area contributed by atoms with Gasteiger partial charge in [0.25, 0.3) is 0 Å². The van der Waals surface area contributed by atoms with Crippen molar-refractivity contribution in [3.8, 4) is 12.3 Å². The lowest BCUT2D eigenvalue weighted by molar-refractivity contribution is 0.0335. The van der Waals surface area contributed by atoms with Crippen molar-refractivity contribution in [1.82, 2.24) is 0 Å². The minimum absolute atomic E-state index is 0.163. The lowest BCUT2D eigenvalue weighted by atomic mass is 9.97. The molecule has 0 aromatic rings. The van der Waals surface area contributed by atoms with Crippen molar-refractivity contribution < 1.29 is 13.8 Å². The van der Waals surface area contributed by atoms with Crippen LogP contribution in [0.4, 0.5) is 0 Å². The van der Waals surface area contributed by atoms with E-state index in [4.69, 9.17) is 20.2 Å². The SMILES string of the molecule is C#C[C@H](C)C[C@@H](CC[C@@H]1O[C@@H](CCCOP)CC1=C)OP. The minimum atomic E-state index is 0.163. The third-order valence-corrected chi connectivity index (χ3v) is 4.56. The zero-order valence-corrected chi connectivity index (χ0v) is 15.2. The average Bonchev–Trinajstić information content (AvgIpc) is 2.83. The van der Waals surface area contributed by atoms with Crippen molar-refractivity contribution in [2.75, 3.05) is 6.61 Å². The molecule has 1 aliphatic heterocycles. The van der Waals surface area contributed by atoms with Gasteiger partial charge in [0, 0.05) is 24.9 Å². The van der Waals surface area contributed by atoms with Crippen molar-refractivity contribution in [3.63, 3.8) is 0 Å². The lowest BCUT2D eigenvalue weighted by Gasteiger charge is -2.19. The summed E-state index contributed by atoms with van der Waals surface area (Å²) in [6, 6.07) is 0. The zero-order valence-electron chi connectivity index (χ0n) is 12.9. The van der Waals surface area contributed by atoms with Gasteiger partial charge in [-0.25, -0.2) is 0 Å². The van der Waals surface area contributed by atoms with Gasteiger partial charge in [0.15, 0.2) is 0 Å². The Morgan fingerprint density at radius 2 is 2.24 bits per heavy atom. The van der Waals surface area contributed by atoms with Gasteiger partial charge in [-0.15, -0.1) is 12.3 Å². The molecule has 0 amide bonds. The summed E-state index contributed by atoms with van der Waals surface area (Å²) < 4.78 is 16.5. The first-order chi connectivity index (χ1) is 10.1. The summed E-state index contributed by atoms with van der Waals surface area (Å²) in [5.41, 5.74) is 1.21. The Hall–Kier alpha value is 0.0400. The van der Waals surface area contributed by atoms with Crippen molar-refractivity contribution >= 4 is 18.9 Å². The standard InChI is InChI=1S/C16H28O3P2/c1-4-12(2)10-15(19-21)7-8-16-13(3)11-14(18-16)6-5-9-17-20/h1,12,14-16H,3,5-11,20-21H2,2H3/t12-,14-,15+,16-/m0/s1. The molecule has 5 heteroatoms. The predicted octanol–water partition coefficient (Wildman–Crippen LogP) is 3.90. The highest BCUT2D eigenvalue weighted by molar-refractivity contribution is 7.10. The van der Waals surface area contributed by atoms with E-state index in [1.54, 1.807) is 0 Å². The fourth-order valence-electron chi connectivity index (χ4n) is 2.68. The molecule has 3 nitrogen and oxygen atoms in total. The quantitative estimate of drug-likeness (QED) is 0.263. The number of hydrogen-bond acceptors (Lipinski definition) is 3. The Morgan fingerprint density at radius 3 is 2.86 bits per heavy atom. The van der Waals surface area contributed by atoms with Crippen molar-refractivity contribution in [3.05, 3.63) is 12.2 Å². The van der Waals surface area contributed by atoms with Crippen LogP contribution in [0, 0.1) is 18.3 Å². The number of ether oxygens (including phenoxy) is 1. The molecule has 1 saturated heterocycles. The van der Waals surface area contributed by atoms with E-state index in [-0.39, 0.29) is 18.1 Å². The van der Waals surface area contributed by atoms with E-state index < -0.39 is 0 Å². The highest BCUT2D eigenvalue weighted by Crippen LogP contribution is 2.31. The normalized spacial score (nSPS) is 24.8. The predicted molar refractivity (Wildman–Crippen MR) is 93.7 cm³/mol. The van der Waals surface area contributed by atoms with E-state index in [0.29, 0.717) is 6.10 Å². The Kier molecular flexibility index (Phi) is 9.74. The molecule has 2 unspecified atom stereocenters. The molecule has 0 aromatic carbocycles. The van der Waals surface area contributed by atoms with Crippen LogP contribution in [0.5, 0.6) is 0 Å². The van der Waals surface area contributed by atoms with E-state index in [0.717, 1.165) is 45.1 Å². The number of rotatable bonds is 10. The zero-order chi connectivity index (χ0) is 15.7. The van der Waals surface area contributed by atoms with Crippen LogP contribution in [0.2, 0.25) is 0 Å². The van der Waals surface area contributed by atoms with Crippen LogP contribution < -0.4 is 0 Å². The molecule has 1 aliphatic rings. The van der Waals surface area contributed by atoms with Crippen LogP contribution in [0.3, 0.4) is 0 Å². The highest BCUT2D eigenvalue weighted by atomic mass is 31.0. The Bertz CT molecular complexity index is 354. The fourth-order valence-corrected chi connectivity index (χ4v) is 3.09. The maximum absolute atomic E-state index is 6.08. The van der Waals surface area contributed by atoms with Gasteiger partial charge in [-0.3, -0.25) is 0 Å². The van der Waals surface area contributed by atoms with Crippen LogP contribution in [-0.4, -0.2) is 24.9 Å². The first-order valence-electron chi connectivity index (χ1n) is 7.57. The first kappa shape index (κ1) is 19.1. The van der Waals surface area contributed by atoms with Crippen LogP contribution in [0.25, 0.3) is 0 Å². The molecule has 0 saturated carbocycles. The molecule has 0 aromatic heterocycles. The second kappa shape index (κ2) is 10.7. The van der Waals surface area contributed by atoms with Gasteiger partial charge in [0.1, 0.15) is 0 Å². The van der Waals surface area contributed by atoms with Gasteiger partial charge in [-0.1, -0.05) is 13.5 Å². The first-order valence-corrected chi connectivity index (χ1v) is 8.51. The Labute approximate surface area is 134 Å². The average molecular weight is 330 g/mol. The van der Waals surface area contributed by atoms with Crippen molar-refractivity contribution in [2.45, 2.75) is 63.8 Å². The summed E-state index contributed by atoms with van der Waals surface area (Å²) in [4.78, 5) is 0. The molecule has 0 bridgehead atoms. The molecule has 0 radical (unpaired) electrons. The maximum atomic E-state index is 6.08. The summed E-state index contributed by atoms with van der Waals surface area (Å²) in [5, 5.41) is 0. The molecule has 1 heterocycles. The number of hydrogen-bond donors (Lipinski definition) is 0. The summed E-state index contributed by atoms with van der Waals surface area (Å²) >= 11 is 0. The highest BCUT2D eigenvalue weighted by Gasteiger charge is 2.28. The van der Waals surface area contributed by atoms with Crippen molar-refractivity contribution in [2.24, 2.45) is 5.92 Å². The molecule has 1 fully saturated rings. The van der Waals surface area contributed by atoms with Gasteiger partial charge < -0.3 is 13.8 Å². The van der Waals surface area contributed by atoms with Gasteiger partial charge in [-0.2, -0.15) is 0 Å². The monoisotopic (exact) mass is 330 g/mol. The lowest BCUT2D eigenvalue weighted by Crippen LogP contribution is -2.17. The third-order valence-electron chi connectivity index (χ3n) is 3.93. The molecular formula is C16H28O3P2. The van der Waals surface area contributed by atoms with Gasteiger partial charge in [0.05, 0.1) is 24.9 Å². The van der Waals surface area contributed by atoms with E-state index in [1.165, 1.54) is 5.57 Å². The van der Waals surface area contributed by atoms with Crippen LogP contribution in [0.1, 0.15) is 45.4 Å². The Balaban J connectivity index is 2.31.